The number of methoxy groups -OCH3 is 1. The third-order valence-electron chi connectivity index (χ3n) is 4.59. The summed E-state index contributed by atoms with van der Waals surface area (Å²) in [6.07, 6.45) is 1.60. The average Bonchev–Trinajstić information content (AvgIpc) is 3.27. The molecule has 2 amide bonds. The molecule has 2 aromatic heterocycles. The SMILES string of the molecule is COc1cc(C(=O)Nc2c(C)cc3cn[nH]c3c2C(N)=O)n(C(C)=C(C)C)n1. The predicted octanol–water partition coefficient (Wildman–Crippen LogP) is 2.70. The molecule has 0 radical (unpaired) electrons. The Morgan fingerprint density at radius 3 is 2.57 bits per heavy atom. The van der Waals surface area contributed by atoms with Crippen molar-refractivity contribution in [1.82, 2.24) is 20.0 Å². The van der Waals surface area contributed by atoms with Crippen LogP contribution in [0.25, 0.3) is 16.6 Å². The molecule has 3 aromatic rings. The number of aryl methyl sites for hydroxylation is 1. The van der Waals surface area contributed by atoms with Gasteiger partial charge in [0.15, 0.2) is 0 Å². The van der Waals surface area contributed by atoms with Gasteiger partial charge in [-0.15, -0.1) is 5.10 Å². The molecule has 0 saturated carbocycles. The van der Waals surface area contributed by atoms with E-state index in [1.807, 2.05) is 26.8 Å². The van der Waals surface area contributed by atoms with Gasteiger partial charge in [-0.1, -0.05) is 5.57 Å². The van der Waals surface area contributed by atoms with Gasteiger partial charge in [-0.2, -0.15) is 5.10 Å². The summed E-state index contributed by atoms with van der Waals surface area (Å²) >= 11 is 0. The number of hydrogen-bond acceptors (Lipinski definition) is 5. The van der Waals surface area contributed by atoms with Crippen LogP contribution in [0, 0.1) is 6.92 Å². The molecule has 0 spiro atoms. The number of allylic oxidation sites excluding steroid dienone is 2. The highest BCUT2D eigenvalue weighted by molar-refractivity contribution is 6.14. The molecule has 146 valence electrons. The molecule has 2 heterocycles. The lowest BCUT2D eigenvalue weighted by Crippen LogP contribution is -2.22. The van der Waals surface area contributed by atoms with E-state index in [4.69, 9.17) is 10.5 Å². The number of primary amides is 1. The lowest BCUT2D eigenvalue weighted by atomic mass is 10.0. The van der Waals surface area contributed by atoms with E-state index >= 15 is 0 Å². The maximum absolute atomic E-state index is 13.1. The minimum Gasteiger partial charge on any atom is -0.480 e. The van der Waals surface area contributed by atoms with Crippen molar-refractivity contribution >= 4 is 34.1 Å². The highest BCUT2D eigenvalue weighted by Crippen LogP contribution is 2.29. The van der Waals surface area contributed by atoms with Crippen molar-refractivity contribution in [3.8, 4) is 5.88 Å². The number of ether oxygens (including phenoxy) is 1. The number of nitrogens with one attached hydrogen (secondary N) is 2. The Labute approximate surface area is 161 Å². The van der Waals surface area contributed by atoms with Gasteiger partial charge in [-0.3, -0.25) is 14.7 Å². The normalized spacial score (nSPS) is 10.8. The van der Waals surface area contributed by atoms with Gasteiger partial charge >= 0.3 is 0 Å². The quantitative estimate of drug-likeness (QED) is 0.625. The fourth-order valence-corrected chi connectivity index (χ4v) is 2.91. The van der Waals surface area contributed by atoms with Crippen LogP contribution in [0.5, 0.6) is 5.88 Å². The summed E-state index contributed by atoms with van der Waals surface area (Å²) in [6, 6.07) is 3.36. The molecule has 0 bridgehead atoms. The Bertz CT molecular complexity index is 1120. The van der Waals surface area contributed by atoms with Gasteiger partial charge in [0.2, 0.25) is 5.88 Å². The molecule has 0 aliphatic carbocycles. The van der Waals surface area contributed by atoms with E-state index in [1.165, 1.54) is 17.9 Å². The lowest BCUT2D eigenvalue weighted by Gasteiger charge is -2.14. The Balaban J connectivity index is 2.11. The number of H-pyrrole nitrogens is 1. The number of rotatable bonds is 5. The standard InChI is InChI=1S/C19H22N6O3/c1-9(2)11(4)25-13(7-14(24-25)28-5)19(27)22-16-10(3)6-12-8-21-23-17(12)15(16)18(20)26/h6-8H,1-5H3,(H2,20,26)(H,21,23)(H,22,27). The third-order valence-corrected chi connectivity index (χ3v) is 4.59. The van der Waals surface area contributed by atoms with Crippen molar-refractivity contribution in [1.29, 1.82) is 0 Å². The molecule has 28 heavy (non-hydrogen) atoms. The van der Waals surface area contributed by atoms with Crippen molar-refractivity contribution in [3.05, 3.63) is 40.7 Å². The number of amides is 2. The Hall–Kier alpha value is -3.62. The second kappa shape index (κ2) is 7.18. The first-order valence-electron chi connectivity index (χ1n) is 8.61. The van der Waals surface area contributed by atoms with E-state index in [-0.39, 0.29) is 11.3 Å². The molecule has 0 aliphatic rings. The first-order chi connectivity index (χ1) is 13.2. The molecular weight excluding hydrogens is 360 g/mol. The van der Waals surface area contributed by atoms with Crippen LogP contribution in [0.2, 0.25) is 0 Å². The molecule has 0 unspecified atom stereocenters. The van der Waals surface area contributed by atoms with Gasteiger partial charge in [0, 0.05) is 17.1 Å². The molecular formula is C19H22N6O3. The van der Waals surface area contributed by atoms with Crippen LogP contribution in [0.1, 0.15) is 47.2 Å². The molecule has 0 fully saturated rings. The monoisotopic (exact) mass is 382 g/mol. The van der Waals surface area contributed by atoms with Crippen molar-refractivity contribution < 1.29 is 14.3 Å². The number of fused-ring (bicyclic) bond motifs is 1. The van der Waals surface area contributed by atoms with E-state index in [1.54, 1.807) is 13.1 Å². The number of aromatic nitrogens is 4. The van der Waals surface area contributed by atoms with Crippen LogP contribution >= 0.6 is 0 Å². The number of carbonyl (C=O) groups excluding carboxylic acids is 2. The van der Waals surface area contributed by atoms with Crippen LogP contribution in [0.15, 0.2) is 23.9 Å². The van der Waals surface area contributed by atoms with Crippen LogP contribution in [0.4, 0.5) is 5.69 Å². The minimum absolute atomic E-state index is 0.179. The van der Waals surface area contributed by atoms with E-state index in [0.29, 0.717) is 22.6 Å². The second-order valence-electron chi connectivity index (χ2n) is 6.67. The summed E-state index contributed by atoms with van der Waals surface area (Å²) in [5, 5.41) is 14.6. The van der Waals surface area contributed by atoms with Crippen LogP contribution in [-0.2, 0) is 0 Å². The zero-order chi connectivity index (χ0) is 20.6. The van der Waals surface area contributed by atoms with E-state index < -0.39 is 11.8 Å². The van der Waals surface area contributed by atoms with Gasteiger partial charge in [0.1, 0.15) is 5.69 Å². The molecule has 4 N–H and O–H groups in total. The Morgan fingerprint density at radius 1 is 1.25 bits per heavy atom. The van der Waals surface area contributed by atoms with E-state index in [2.05, 4.69) is 20.6 Å². The molecule has 1 aromatic carbocycles. The highest BCUT2D eigenvalue weighted by Gasteiger charge is 2.23. The zero-order valence-electron chi connectivity index (χ0n) is 16.4. The first kappa shape index (κ1) is 19.2. The second-order valence-corrected chi connectivity index (χ2v) is 6.67. The topological polar surface area (TPSA) is 128 Å². The largest absolute Gasteiger partial charge is 0.480 e. The number of benzene rings is 1. The van der Waals surface area contributed by atoms with Gasteiger partial charge in [-0.25, -0.2) is 4.68 Å². The van der Waals surface area contributed by atoms with E-state index in [9.17, 15) is 9.59 Å². The zero-order valence-corrected chi connectivity index (χ0v) is 16.4. The average molecular weight is 382 g/mol. The molecule has 3 rings (SSSR count). The van der Waals surface area contributed by atoms with Crippen molar-refractivity contribution in [2.75, 3.05) is 12.4 Å². The minimum atomic E-state index is -0.667. The highest BCUT2D eigenvalue weighted by atomic mass is 16.5. The summed E-state index contributed by atoms with van der Waals surface area (Å²) < 4.78 is 6.69. The molecule has 9 nitrogen and oxygen atoms in total. The summed E-state index contributed by atoms with van der Waals surface area (Å²) in [5.74, 6) is -0.803. The fraction of sp³-hybridized carbons (Fsp3) is 0.263. The molecule has 0 aliphatic heterocycles. The van der Waals surface area contributed by atoms with Crippen molar-refractivity contribution in [3.63, 3.8) is 0 Å². The number of nitrogens with zero attached hydrogens (tertiary/aromatic N) is 3. The Kier molecular flexibility index (Phi) is 4.91. The summed E-state index contributed by atoms with van der Waals surface area (Å²) in [7, 11) is 1.48. The molecule has 0 saturated heterocycles. The van der Waals surface area contributed by atoms with Crippen molar-refractivity contribution in [2.24, 2.45) is 5.73 Å². The molecule has 9 heteroatoms. The Morgan fingerprint density at radius 2 is 1.96 bits per heavy atom. The number of aromatic amines is 1. The van der Waals surface area contributed by atoms with Gasteiger partial charge < -0.3 is 15.8 Å². The number of anilines is 1. The summed E-state index contributed by atoms with van der Waals surface area (Å²) in [5.41, 5.74) is 9.31. The molecule has 0 atom stereocenters. The lowest BCUT2D eigenvalue weighted by molar-refractivity contribution is 0.100. The maximum atomic E-state index is 13.1. The number of carbonyl (C=O) groups is 2. The van der Waals surface area contributed by atoms with Crippen LogP contribution in [-0.4, -0.2) is 38.9 Å². The smallest absolute Gasteiger partial charge is 0.274 e. The number of hydrogen-bond donors (Lipinski definition) is 3. The predicted molar refractivity (Wildman–Crippen MR) is 106 cm³/mol. The van der Waals surface area contributed by atoms with Gasteiger partial charge in [0.25, 0.3) is 11.8 Å². The first-order valence-corrected chi connectivity index (χ1v) is 8.61. The van der Waals surface area contributed by atoms with Gasteiger partial charge in [0.05, 0.1) is 30.1 Å². The summed E-state index contributed by atoms with van der Waals surface area (Å²) in [6.45, 7) is 7.49. The third kappa shape index (κ3) is 3.22. The van der Waals surface area contributed by atoms with Crippen molar-refractivity contribution in [2.45, 2.75) is 27.7 Å². The van der Waals surface area contributed by atoms with Crippen LogP contribution < -0.4 is 15.8 Å². The maximum Gasteiger partial charge on any atom is 0.274 e. The van der Waals surface area contributed by atoms with E-state index in [0.717, 1.165) is 16.7 Å². The number of nitrogens with two attached hydrogens (primary N) is 1. The van der Waals surface area contributed by atoms with Crippen LogP contribution in [0.3, 0.4) is 0 Å². The fourth-order valence-electron chi connectivity index (χ4n) is 2.91. The summed E-state index contributed by atoms with van der Waals surface area (Å²) in [4.78, 5) is 25.2. The van der Waals surface area contributed by atoms with Gasteiger partial charge in [-0.05, 0) is 39.3 Å².